The molecule has 0 aliphatic carbocycles. The monoisotopic (exact) mass is 509 g/mol. The van der Waals surface area contributed by atoms with Crippen molar-refractivity contribution >= 4 is 27.3 Å². The Morgan fingerprint density at radius 1 is 1.00 bits per heavy atom. The van der Waals surface area contributed by atoms with E-state index in [0.717, 1.165) is 35.4 Å². The smallest absolute Gasteiger partial charge is 0.261 e. The van der Waals surface area contributed by atoms with Gasteiger partial charge in [-0.1, -0.05) is 43.7 Å². The number of rotatable bonds is 8. The van der Waals surface area contributed by atoms with E-state index in [4.69, 9.17) is 4.74 Å². The third-order valence-corrected chi connectivity index (χ3v) is 7.87. The fourth-order valence-corrected chi connectivity index (χ4v) is 5.54. The van der Waals surface area contributed by atoms with E-state index in [1.807, 2.05) is 43.3 Å². The molecule has 0 unspecified atom stereocenters. The predicted octanol–water partition coefficient (Wildman–Crippen LogP) is 4.97. The molecule has 0 saturated carbocycles. The van der Waals surface area contributed by atoms with E-state index >= 15 is 0 Å². The summed E-state index contributed by atoms with van der Waals surface area (Å²) in [6, 6.07) is 19.9. The van der Waals surface area contributed by atoms with Crippen LogP contribution in [0.3, 0.4) is 0 Å². The molecule has 3 aromatic rings. The molecular weight excluding hydrogens is 474 g/mol. The molecule has 192 valence electrons. The van der Waals surface area contributed by atoms with Crippen LogP contribution in [0.4, 0.5) is 11.4 Å². The van der Waals surface area contributed by atoms with Crippen LogP contribution in [0, 0.1) is 6.92 Å². The third kappa shape index (κ3) is 5.65. The van der Waals surface area contributed by atoms with E-state index < -0.39 is 10.0 Å². The van der Waals surface area contributed by atoms with Crippen LogP contribution in [0.15, 0.2) is 71.6 Å². The van der Waals surface area contributed by atoms with E-state index in [9.17, 15) is 13.2 Å². The highest BCUT2D eigenvalue weighted by Gasteiger charge is 2.26. The largest absolute Gasteiger partial charge is 0.495 e. The molecule has 1 heterocycles. The molecule has 3 aromatic carbocycles. The number of ether oxygens (including phenoxy) is 1. The number of hydrogen-bond donors (Lipinski definition) is 1. The van der Waals surface area contributed by atoms with Gasteiger partial charge in [0.2, 0.25) is 0 Å². The second kappa shape index (κ2) is 11.0. The Balaban J connectivity index is 0.00000380. The second-order valence-electron chi connectivity index (χ2n) is 8.98. The number of carbonyl (C=O) groups excluding carboxylic acids is 1. The summed E-state index contributed by atoms with van der Waals surface area (Å²) in [5, 5.41) is 0. The number of para-hydroxylation sites is 2. The molecule has 0 radical (unpaired) electrons. The highest BCUT2D eigenvalue weighted by Crippen LogP contribution is 2.29. The number of nitrogens with zero attached hydrogens (tertiary/aromatic N) is 2. The zero-order valence-corrected chi connectivity index (χ0v) is 21.8. The van der Waals surface area contributed by atoms with Gasteiger partial charge < -0.3 is 14.5 Å². The van der Waals surface area contributed by atoms with Crippen LogP contribution < -0.4 is 14.4 Å². The Hall–Kier alpha value is -3.52. The quantitative estimate of drug-likeness (QED) is 0.464. The summed E-state index contributed by atoms with van der Waals surface area (Å²) in [7, 11) is -2.19. The average Bonchev–Trinajstić information content (AvgIpc) is 2.89. The lowest BCUT2D eigenvalue weighted by molar-refractivity contribution is 0.0745. The highest BCUT2D eigenvalue weighted by molar-refractivity contribution is 7.92. The van der Waals surface area contributed by atoms with Crippen LogP contribution in [-0.2, 0) is 16.4 Å². The topological polar surface area (TPSA) is 79.0 Å². The molecule has 1 amide bonds. The first kappa shape index (κ1) is 25.6. The van der Waals surface area contributed by atoms with Gasteiger partial charge in [0.15, 0.2) is 0 Å². The molecule has 1 saturated heterocycles. The Labute approximate surface area is 215 Å². The first-order valence-electron chi connectivity index (χ1n) is 12.2. The normalized spacial score (nSPS) is 14.0. The number of carbonyl (C=O) groups is 1. The zero-order chi connectivity index (χ0) is 25.7. The van der Waals surface area contributed by atoms with Crippen molar-refractivity contribution in [1.29, 1.82) is 0 Å². The molecule has 1 N–H and O–H groups in total. The van der Waals surface area contributed by atoms with Crippen LogP contribution in [0.25, 0.3) is 0 Å². The van der Waals surface area contributed by atoms with E-state index in [-0.39, 0.29) is 12.2 Å². The van der Waals surface area contributed by atoms with Crippen molar-refractivity contribution in [3.8, 4) is 5.75 Å². The van der Waals surface area contributed by atoms with E-state index in [1.165, 1.54) is 6.07 Å². The second-order valence-corrected chi connectivity index (χ2v) is 10.7. The standard InChI is InChI=1S/C28H33N3O4S.H2/c1-4-7-22-11-13-23(14-12-22)29-36(33,34)24-15-10-21(2)25(20-24)28(32)31-18-16-30(17-19-31)26-8-5-6-9-27(26)35-3;/h5-6,8-15,20,29H,4,7,16-19H2,1-3H3;1H. The lowest BCUT2D eigenvalue weighted by Gasteiger charge is -2.36. The predicted molar refractivity (Wildman–Crippen MR) is 146 cm³/mol. The van der Waals surface area contributed by atoms with Gasteiger partial charge in [0.25, 0.3) is 15.9 Å². The van der Waals surface area contributed by atoms with E-state index in [2.05, 4.69) is 16.5 Å². The summed E-state index contributed by atoms with van der Waals surface area (Å²) in [6.07, 6.45) is 1.98. The average molecular weight is 510 g/mol. The summed E-state index contributed by atoms with van der Waals surface area (Å²) in [5.41, 5.74) is 3.81. The Morgan fingerprint density at radius 3 is 2.36 bits per heavy atom. The number of methoxy groups -OCH3 is 1. The van der Waals surface area contributed by atoms with Gasteiger partial charge in [0.1, 0.15) is 5.75 Å². The van der Waals surface area contributed by atoms with Gasteiger partial charge in [0.05, 0.1) is 17.7 Å². The first-order valence-corrected chi connectivity index (χ1v) is 13.7. The number of anilines is 2. The van der Waals surface area contributed by atoms with Crippen molar-refractivity contribution in [2.45, 2.75) is 31.6 Å². The summed E-state index contributed by atoms with van der Waals surface area (Å²) in [5.74, 6) is 0.645. The SMILES string of the molecule is CCCc1ccc(NS(=O)(=O)c2ccc(C)c(C(=O)N3CCN(c4ccccc4OC)CC3)c2)cc1.[HH]. The molecule has 4 rings (SSSR count). The van der Waals surface area contributed by atoms with Gasteiger partial charge in [-0.25, -0.2) is 8.42 Å². The van der Waals surface area contributed by atoms with Crippen LogP contribution in [0.5, 0.6) is 5.75 Å². The fourth-order valence-electron chi connectivity index (χ4n) is 4.45. The number of nitrogens with one attached hydrogen (secondary N) is 1. The van der Waals surface area contributed by atoms with Gasteiger partial charge in [0, 0.05) is 38.9 Å². The minimum Gasteiger partial charge on any atom is -0.495 e. The van der Waals surface area contributed by atoms with Crippen LogP contribution in [0.1, 0.15) is 36.3 Å². The minimum atomic E-state index is -3.84. The number of sulfonamides is 1. The Kier molecular flexibility index (Phi) is 7.84. The van der Waals surface area contributed by atoms with E-state index in [0.29, 0.717) is 37.4 Å². The molecule has 1 aliphatic rings. The molecule has 0 aromatic heterocycles. The maximum atomic E-state index is 13.4. The maximum absolute atomic E-state index is 13.4. The molecule has 36 heavy (non-hydrogen) atoms. The molecular formula is C28H35N3O4S. The summed E-state index contributed by atoms with van der Waals surface area (Å²) < 4.78 is 34.3. The Morgan fingerprint density at radius 2 is 1.69 bits per heavy atom. The molecule has 1 fully saturated rings. The van der Waals surface area contributed by atoms with Crippen LogP contribution in [0.2, 0.25) is 0 Å². The van der Waals surface area contributed by atoms with Gasteiger partial charge >= 0.3 is 0 Å². The van der Waals surface area contributed by atoms with Gasteiger partial charge in [-0.05, 0) is 60.9 Å². The molecule has 8 heteroatoms. The van der Waals surface area contributed by atoms with Gasteiger partial charge in [-0.3, -0.25) is 9.52 Å². The summed E-state index contributed by atoms with van der Waals surface area (Å²) in [4.78, 5) is 17.4. The van der Waals surface area contributed by atoms with Crippen molar-refractivity contribution in [3.05, 3.63) is 83.4 Å². The summed E-state index contributed by atoms with van der Waals surface area (Å²) in [6.45, 7) is 6.34. The van der Waals surface area contributed by atoms with Crippen molar-refractivity contribution in [3.63, 3.8) is 0 Å². The minimum absolute atomic E-state index is 0. The van der Waals surface area contributed by atoms with Crippen LogP contribution >= 0.6 is 0 Å². The fraction of sp³-hybridized carbons (Fsp3) is 0.321. The van der Waals surface area contributed by atoms with Gasteiger partial charge in [-0.15, -0.1) is 0 Å². The van der Waals surface area contributed by atoms with E-state index in [1.54, 1.807) is 36.3 Å². The number of benzene rings is 3. The van der Waals surface area contributed by atoms with Crippen molar-refractivity contribution < 1.29 is 19.4 Å². The molecule has 0 atom stereocenters. The Bertz CT molecular complexity index is 1320. The van der Waals surface area contributed by atoms with Crippen molar-refractivity contribution in [2.24, 2.45) is 0 Å². The molecule has 0 spiro atoms. The molecule has 1 aliphatic heterocycles. The highest BCUT2D eigenvalue weighted by atomic mass is 32.2. The molecule has 7 nitrogen and oxygen atoms in total. The number of amides is 1. The number of aryl methyl sites for hydroxylation is 2. The lowest BCUT2D eigenvalue weighted by Crippen LogP contribution is -2.49. The third-order valence-electron chi connectivity index (χ3n) is 6.49. The zero-order valence-electron chi connectivity index (χ0n) is 21.0. The first-order chi connectivity index (χ1) is 17.3. The van der Waals surface area contributed by atoms with Gasteiger partial charge in [-0.2, -0.15) is 0 Å². The molecule has 0 bridgehead atoms. The lowest BCUT2D eigenvalue weighted by atomic mass is 10.1. The van der Waals surface area contributed by atoms with Crippen molar-refractivity contribution in [1.82, 2.24) is 4.90 Å². The maximum Gasteiger partial charge on any atom is 0.261 e. The number of piperazine rings is 1. The van der Waals surface area contributed by atoms with Crippen LogP contribution in [-0.4, -0.2) is 52.5 Å². The summed E-state index contributed by atoms with van der Waals surface area (Å²) >= 11 is 0. The van der Waals surface area contributed by atoms with Crippen molar-refractivity contribution in [2.75, 3.05) is 42.9 Å². The number of hydrogen-bond acceptors (Lipinski definition) is 5.